The summed E-state index contributed by atoms with van der Waals surface area (Å²) in [6.45, 7) is 4.79. The van der Waals surface area contributed by atoms with Crippen molar-refractivity contribution >= 4 is 17.9 Å². The van der Waals surface area contributed by atoms with Crippen molar-refractivity contribution in [3.8, 4) is 0 Å². The van der Waals surface area contributed by atoms with E-state index in [1.165, 1.54) is 0 Å². The summed E-state index contributed by atoms with van der Waals surface area (Å²) in [6.07, 6.45) is 0.741. The summed E-state index contributed by atoms with van der Waals surface area (Å²) < 4.78 is 5.33. The SMILES string of the molecule is COC1CN(C(=O)NC(=O)CC(C)CC(=O)O)CCC1C. The van der Waals surface area contributed by atoms with E-state index in [2.05, 4.69) is 12.2 Å². The number of hydrogen-bond acceptors (Lipinski definition) is 4. The van der Waals surface area contributed by atoms with E-state index in [-0.39, 0.29) is 24.9 Å². The highest BCUT2D eigenvalue weighted by atomic mass is 16.5. The number of nitrogens with one attached hydrogen (secondary N) is 1. The highest BCUT2D eigenvalue weighted by Gasteiger charge is 2.29. The first-order valence-corrected chi connectivity index (χ1v) is 7.16. The standard InChI is InChI=1S/C14H24N2O5/c1-9(7-13(18)19)6-12(17)15-14(20)16-5-4-10(2)11(8-16)21-3/h9-11H,4-8H2,1-3H3,(H,18,19)(H,15,17,20). The zero-order valence-electron chi connectivity index (χ0n) is 12.8. The summed E-state index contributed by atoms with van der Waals surface area (Å²) in [5.74, 6) is -1.32. The number of carboxylic acid groups (broad SMARTS) is 1. The summed E-state index contributed by atoms with van der Waals surface area (Å²) in [5.41, 5.74) is 0. The Kier molecular flexibility index (Phi) is 6.61. The van der Waals surface area contributed by atoms with Crippen molar-refractivity contribution in [3.05, 3.63) is 0 Å². The van der Waals surface area contributed by atoms with Gasteiger partial charge in [-0.2, -0.15) is 0 Å². The molecule has 0 aromatic carbocycles. The lowest BCUT2D eigenvalue weighted by Crippen LogP contribution is -2.51. The van der Waals surface area contributed by atoms with Crippen molar-refractivity contribution in [2.24, 2.45) is 11.8 Å². The molecule has 21 heavy (non-hydrogen) atoms. The van der Waals surface area contributed by atoms with Crippen LogP contribution in [0, 0.1) is 11.8 Å². The van der Waals surface area contributed by atoms with Gasteiger partial charge in [-0.05, 0) is 18.3 Å². The first-order valence-electron chi connectivity index (χ1n) is 7.16. The maximum Gasteiger partial charge on any atom is 0.324 e. The minimum absolute atomic E-state index is 0.0227. The Hall–Kier alpha value is -1.63. The van der Waals surface area contributed by atoms with E-state index in [1.807, 2.05) is 0 Å². The molecule has 3 unspecified atom stereocenters. The molecule has 1 fully saturated rings. The molecule has 1 saturated heterocycles. The van der Waals surface area contributed by atoms with Gasteiger partial charge in [-0.25, -0.2) is 4.79 Å². The van der Waals surface area contributed by atoms with E-state index >= 15 is 0 Å². The number of carboxylic acids is 1. The number of methoxy groups -OCH3 is 1. The smallest absolute Gasteiger partial charge is 0.324 e. The van der Waals surface area contributed by atoms with Gasteiger partial charge in [0, 0.05) is 33.0 Å². The molecule has 0 saturated carbocycles. The lowest BCUT2D eigenvalue weighted by Gasteiger charge is -2.35. The van der Waals surface area contributed by atoms with Gasteiger partial charge in [0.25, 0.3) is 0 Å². The van der Waals surface area contributed by atoms with Crippen LogP contribution in [0.3, 0.4) is 0 Å². The molecule has 7 nitrogen and oxygen atoms in total. The van der Waals surface area contributed by atoms with Crippen LogP contribution in [0.1, 0.15) is 33.1 Å². The molecule has 0 radical (unpaired) electrons. The number of imide groups is 1. The van der Waals surface area contributed by atoms with Gasteiger partial charge in [-0.1, -0.05) is 13.8 Å². The number of carbonyl (C=O) groups excluding carboxylic acids is 2. The van der Waals surface area contributed by atoms with Crippen molar-refractivity contribution in [2.45, 2.75) is 39.2 Å². The first kappa shape index (κ1) is 17.4. The quantitative estimate of drug-likeness (QED) is 0.792. The molecule has 0 aromatic heterocycles. The number of hydrogen-bond donors (Lipinski definition) is 2. The molecule has 120 valence electrons. The minimum atomic E-state index is -0.949. The van der Waals surface area contributed by atoms with Crippen LogP contribution in [0.5, 0.6) is 0 Å². The zero-order valence-corrected chi connectivity index (χ0v) is 12.8. The maximum atomic E-state index is 12.0. The molecule has 0 aromatic rings. The van der Waals surface area contributed by atoms with Crippen LogP contribution in [-0.2, 0) is 14.3 Å². The Morgan fingerprint density at radius 2 is 2.05 bits per heavy atom. The molecule has 7 heteroatoms. The fraction of sp³-hybridized carbons (Fsp3) is 0.786. The van der Waals surface area contributed by atoms with Crippen LogP contribution in [-0.4, -0.2) is 54.2 Å². The molecule has 0 spiro atoms. The number of rotatable bonds is 5. The average Bonchev–Trinajstić information content (AvgIpc) is 2.37. The Morgan fingerprint density at radius 1 is 1.38 bits per heavy atom. The monoisotopic (exact) mass is 300 g/mol. The number of carbonyl (C=O) groups is 3. The lowest BCUT2D eigenvalue weighted by molar-refractivity contribution is -0.138. The maximum absolute atomic E-state index is 12.0. The van der Waals surface area contributed by atoms with E-state index < -0.39 is 17.9 Å². The van der Waals surface area contributed by atoms with Crippen molar-refractivity contribution in [1.82, 2.24) is 10.2 Å². The number of piperidine rings is 1. The summed E-state index contributed by atoms with van der Waals surface area (Å²) >= 11 is 0. The number of aliphatic carboxylic acids is 1. The van der Waals surface area contributed by atoms with E-state index in [1.54, 1.807) is 18.9 Å². The fourth-order valence-electron chi connectivity index (χ4n) is 2.46. The van der Waals surface area contributed by atoms with E-state index in [4.69, 9.17) is 9.84 Å². The zero-order chi connectivity index (χ0) is 16.0. The van der Waals surface area contributed by atoms with Crippen LogP contribution in [0.25, 0.3) is 0 Å². The third kappa shape index (κ3) is 5.71. The van der Waals surface area contributed by atoms with Gasteiger partial charge in [-0.3, -0.25) is 14.9 Å². The highest BCUT2D eigenvalue weighted by Crippen LogP contribution is 2.19. The molecule has 0 bridgehead atoms. The molecule has 1 aliphatic heterocycles. The van der Waals surface area contributed by atoms with Crippen molar-refractivity contribution in [3.63, 3.8) is 0 Å². The topological polar surface area (TPSA) is 95.9 Å². The summed E-state index contributed by atoms with van der Waals surface area (Å²) in [5, 5.41) is 11.0. The summed E-state index contributed by atoms with van der Waals surface area (Å²) in [7, 11) is 1.61. The molecule has 1 rings (SSSR count). The third-order valence-corrected chi connectivity index (χ3v) is 3.78. The molecular formula is C14H24N2O5. The predicted molar refractivity (Wildman–Crippen MR) is 75.7 cm³/mol. The van der Waals surface area contributed by atoms with Gasteiger partial charge >= 0.3 is 12.0 Å². The second-order valence-electron chi connectivity index (χ2n) is 5.75. The Bertz CT molecular complexity index is 399. The number of amides is 3. The van der Waals surface area contributed by atoms with Crippen molar-refractivity contribution < 1.29 is 24.2 Å². The van der Waals surface area contributed by atoms with Crippen molar-refractivity contribution in [2.75, 3.05) is 20.2 Å². The second-order valence-corrected chi connectivity index (χ2v) is 5.75. The molecule has 1 heterocycles. The van der Waals surface area contributed by atoms with Gasteiger partial charge in [0.05, 0.1) is 6.10 Å². The Labute approximate surface area is 124 Å². The summed E-state index contributed by atoms with van der Waals surface area (Å²) in [4.78, 5) is 35.8. The number of ether oxygens (including phenoxy) is 1. The lowest BCUT2D eigenvalue weighted by atomic mass is 9.96. The molecule has 1 aliphatic rings. The molecular weight excluding hydrogens is 276 g/mol. The first-order chi connectivity index (χ1) is 9.83. The fourth-order valence-corrected chi connectivity index (χ4v) is 2.46. The van der Waals surface area contributed by atoms with Crippen LogP contribution >= 0.6 is 0 Å². The molecule has 3 atom stereocenters. The van der Waals surface area contributed by atoms with Gasteiger partial charge in [-0.15, -0.1) is 0 Å². The number of nitrogens with zero attached hydrogens (tertiary/aromatic N) is 1. The van der Waals surface area contributed by atoms with E-state index in [0.717, 1.165) is 6.42 Å². The molecule has 0 aliphatic carbocycles. The number of likely N-dealkylation sites (tertiary alicyclic amines) is 1. The van der Waals surface area contributed by atoms with E-state index in [9.17, 15) is 14.4 Å². The van der Waals surface area contributed by atoms with Crippen molar-refractivity contribution in [1.29, 1.82) is 0 Å². The van der Waals surface area contributed by atoms with Gasteiger partial charge in [0.1, 0.15) is 0 Å². The average molecular weight is 300 g/mol. The Morgan fingerprint density at radius 3 is 2.62 bits per heavy atom. The minimum Gasteiger partial charge on any atom is -0.481 e. The van der Waals surface area contributed by atoms with Crippen LogP contribution in [0.4, 0.5) is 4.79 Å². The summed E-state index contributed by atoms with van der Waals surface area (Å²) in [6, 6.07) is -0.434. The largest absolute Gasteiger partial charge is 0.481 e. The van der Waals surface area contributed by atoms with E-state index in [0.29, 0.717) is 19.0 Å². The normalized spacial score (nSPS) is 23.5. The highest BCUT2D eigenvalue weighted by molar-refractivity contribution is 5.94. The molecule has 2 N–H and O–H groups in total. The van der Waals surface area contributed by atoms with Gasteiger partial charge in [0.15, 0.2) is 0 Å². The number of urea groups is 1. The Balaban J connectivity index is 2.42. The molecule has 3 amide bonds. The third-order valence-electron chi connectivity index (χ3n) is 3.78. The second kappa shape index (κ2) is 7.97. The van der Waals surface area contributed by atoms with Crippen LogP contribution in [0.15, 0.2) is 0 Å². The predicted octanol–water partition coefficient (Wildman–Crippen LogP) is 1.08. The van der Waals surface area contributed by atoms with Gasteiger partial charge < -0.3 is 14.7 Å². The van der Waals surface area contributed by atoms with Crippen LogP contribution < -0.4 is 5.32 Å². The van der Waals surface area contributed by atoms with Gasteiger partial charge in [0.2, 0.25) is 5.91 Å². The van der Waals surface area contributed by atoms with Crippen LogP contribution in [0.2, 0.25) is 0 Å².